The topological polar surface area (TPSA) is 135 Å². The molecule has 1 aliphatic carbocycles. The number of benzene rings is 1. The average Bonchev–Trinajstić information content (AvgIpc) is 3.18. The molecular weight excluding hydrogens is 546 g/mol. The van der Waals surface area contributed by atoms with Crippen LogP contribution in [0.1, 0.15) is 40.2 Å². The molecule has 2 heterocycles. The Hall–Kier alpha value is -3.95. The summed E-state index contributed by atoms with van der Waals surface area (Å²) in [5.74, 6) is -4.73. The lowest BCUT2D eigenvalue weighted by Crippen LogP contribution is -2.61. The molecule has 9 nitrogen and oxygen atoms in total. The Morgan fingerprint density at radius 2 is 1.83 bits per heavy atom. The number of rotatable bonds is 6. The molecule has 3 N–H and O–H groups in total. The number of hydrogen-bond donors (Lipinski definition) is 3. The zero-order valence-corrected chi connectivity index (χ0v) is 23.1. The smallest absolute Gasteiger partial charge is 0.338 e. The number of H-pyrrole nitrogens is 1. The van der Waals surface area contributed by atoms with Gasteiger partial charge in [-0.15, -0.1) is 0 Å². The van der Waals surface area contributed by atoms with Gasteiger partial charge in [0, 0.05) is 18.5 Å². The Kier molecular flexibility index (Phi) is 7.43. The molecule has 13 heteroatoms. The zero-order chi connectivity index (χ0) is 30.7. The van der Waals surface area contributed by atoms with Crippen LogP contribution in [0, 0.1) is 39.8 Å². The van der Waals surface area contributed by atoms with E-state index >= 15 is 0 Å². The van der Waals surface area contributed by atoms with Crippen LogP contribution in [-0.4, -0.2) is 58.5 Å². The third kappa shape index (κ3) is 5.78. The van der Waals surface area contributed by atoms with Gasteiger partial charge in [0.25, 0.3) is 5.56 Å². The standard InChI is InChI=1S/C28H31F4N5O4/c1-26(2,3)21(36-25(41)28(30,31)32)24(40)37-12-17-19(27(17,4)5)20(37)23(39)34-16(11-33)9-14-8-13-6-7-15(29)10-18(13)35-22(14)38/h6-8,10,16-17,19-21H,9,12H2,1-5H3,(H,34,39)(H,35,38)(H,36,41)/t16?,17-,19+,20-,21+/m0/s1. The molecule has 2 aromatic rings. The third-order valence-electron chi connectivity index (χ3n) is 8.19. The van der Waals surface area contributed by atoms with Gasteiger partial charge in [-0.05, 0) is 52.3 Å². The molecule has 0 radical (unpaired) electrons. The number of piperidine rings is 1. The van der Waals surface area contributed by atoms with Crippen molar-refractivity contribution in [2.24, 2.45) is 22.7 Å². The van der Waals surface area contributed by atoms with E-state index in [4.69, 9.17) is 0 Å². The van der Waals surface area contributed by atoms with Crippen molar-refractivity contribution in [2.75, 3.05) is 6.54 Å². The van der Waals surface area contributed by atoms with Gasteiger partial charge in [0.15, 0.2) is 0 Å². The zero-order valence-electron chi connectivity index (χ0n) is 23.1. The summed E-state index contributed by atoms with van der Waals surface area (Å²) >= 11 is 0. The summed E-state index contributed by atoms with van der Waals surface area (Å²) in [5, 5.41) is 14.7. The van der Waals surface area contributed by atoms with E-state index in [9.17, 15) is 42.0 Å². The molecule has 41 heavy (non-hydrogen) atoms. The number of nitriles is 1. The van der Waals surface area contributed by atoms with Crippen LogP contribution in [0.4, 0.5) is 17.6 Å². The largest absolute Gasteiger partial charge is 0.471 e. The number of carbonyl (C=O) groups is 3. The molecular formula is C28H31F4N5O4. The number of halogens is 4. The van der Waals surface area contributed by atoms with Gasteiger partial charge in [-0.2, -0.15) is 18.4 Å². The summed E-state index contributed by atoms with van der Waals surface area (Å²) in [6, 6.07) is 3.43. The number of hydrogen-bond acceptors (Lipinski definition) is 5. The Labute approximate surface area is 233 Å². The summed E-state index contributed by atoms with van der Waals surface area (Å²) in [6.45, 7) is 8.43. The van der Waals surface area contributed by atoms with Crippen molar-refractivity contribution >= 4 is 28.6 Å². The van der Waals surface area contributed by atoms with Crippen molar-refractivity contribution in [3.63, 3.8) is 0 Å². The molecule has 0 bridgehead atoms. The van der Waals surface area contributed by atoms with Crippen LogP contribution in [0.25, 0.3) is 10.9 Å². The van der Waals surface area contributed by atoms with E-state index in [2.05, 4.69) is 10.3 Å². The lowest BCUT2D eigenvalue weighted by atomic mass is 9.85. The number of likely N-dealkylation sites (tertiary alicyclic amines) is 1. The summed E-state index contributed by atoms with van der Waals surface area (Å²) in [5.41, 5.74) is -1.58. The highest BCUT2D eigenvalue weighted by atomic mass is 19.4. The maximum Gasteiger partial charge on any atom is 0.471 e. The minimum Gasteiger partial charge on any atom is -0.338 e. The molecule has 1 saturated heterocycles. The number of alkyl halides is 3. The molecule has 3 amide bonds. The van der Waals surface area contributed by atoms with Gasteiger partial charge < -0.3 is 20.5 Å². The lowest BCUT2D eigenvalue weighted by molar-refractivity contribution is -0.176. The molecule has 1 aliphatic heterocycles. The normalized spacial score (nSPS) is 22.8. The first-order valence-corrected chi connectivity index (χ1v) is 13.1. The molecule has 1 aromatic carbocycles. The number of nitrogens with one attached hydrogen (secondary N) is 3. The first kappa shape index (κ1) is 30.0. The van der Waals surface area contributed by atoms with Crippen LogP contribution < -0.4 is 16.2 Å². The van der Waals surface area contributed by atoms with E-state index in [0.29, 0.717) is 5.39 Å². The molecule has 220 valence electrons. The van der Waals surface area contributed by atoms with E-state index < -0.39 is 58.8 Å². The SMILES string of the molecule is CC(C)(C)[C@H](NC(=O)C(F)(F)F)C(=O)N1C[C@H]2[C@H]([C@H]1C(=O)NC(C#N)Cc1cc3ccc(F)cc3[nH]c1=O)C2(C)C. The maximum atomic E-state index is 13.6. The monoisotopic (exact) mass is 577 g/mol. The van der Waals surface area contributed by atoms with Gasteiger partial charge in [-0.1, -0.05) is 34.6 Å². The van der Waals surface area contributed by atoms with Crippen LogP contribution in [0.5, 0.6) is 0 Å². The van der Waals surface area contributed by atoms with Crippen molar-refractivity contribution < 1.29 is 31.9 Å². The molecule has 4 rings (SSSR count). The molecule has 2 aliphatic rings. The molecule has 1 saturated carbocycles. The Morgan fingerprint density at radius 3 is 2.41 bits per heavy atom. The van der Waals surface area contributed by atoms with Crippen LogP contribution in [-0.2, 0) is 20.8 Å². The van der Waals surface area contributed by atoms with Gasteiger partial charge in [-0.3, -0.25) is 19.2 Å². The molecule has 0 spiro atoms. The number of carbonyl (C=O) groups excluding carboxylic acids is 3. The van der Waals surface area contributed by atoms with Crippen LogP contribution in [0.15, 0.2) is 29.1 Å². The predicted octanol–water partition coefficient (Wildman–Crippen LogP) is 2.79. The fourth-order valence-corrected chi connectivity index (χ4v) is 5.82. The highest BCUT2D eigenvalue weighted by Crippen LogP contribution is 2.65. The van der Waals surface area contributed by atoms with Gasteiger partial charge in [-0.25, -0.2) is 4.39 Å². The van der Waals surface area contributed by atoms with E-state index in [1.54, 1.807) is 5.32 Å². The second kappa shape index (κ2) is 10.2. The summed E-state index contributed by atoms with van der Waals surface area (Å²) in [6.07, 6.45) is -5.39. The van der Waals surface area contributed by atoms with Crippen molar-refractivity contribution in [1.29, 1.82) is 5.26 Å². The third-order valence-corrected chi connectivity index (χ3v) is 8.19. The number of nitrogens with zero attached hydrogens (tertiary/aromatic N) is 2. The first-order valence-electron chi connectivity index (χ1n) is 13.1. The van der Waals surface area contributed by atoms with Crippen molar-refractivity contribution in [3.8, 4) is 6.07 Å². The number of amides is 3. The van der Waals surface area contributed by atoms with Crippen LogP contribution in [0.2, 0.25) is 0 Å². The quantitative estimate of drug-likeness (QED) is 0.454. The fraction of sp³-hybridized carbons (Fsp3) is 0.536. The van der Waals surface area contributed by atoms with Gasteiger partial charge >= 0.3 is 12.1 Å². The second-order valence-electron chi connectivity index (χ2n) is 12.4. The van der Waals surface area contributed by atoms with E-state index in [1.165, 1.54) is 43.9 Å². The fourth-order valence-electron chi connectivity index (χ4n) is 5.82. The van der Waals surface area contributed by atoms with E-state index in [1.807, 2.05) is 19.9 Å². The number of fused-ring (bicyclic) bond motifs is 2. The van der Waals surface area contributed by atoms with E-state index in [-0.39, 0.29) is 41.3 Å². The molecule has 5 atom stereocenters. The van der Waals surface area contributed by atoms with Crippen molar-refractivity contribution in [3.05, 3.63) is 46.0 Å². The summed E-state index contributed by atoms with van der Waals surface area (Å²) in [4.78, 5) is 55.3. The summed E-state index contributed by atoms with van der Waals surface area (Å²) in [7, 11) is 0. The summed E-state index contributed by atoms with van der Waals surface area (Å²) < 4.78 is 52.6. The number of aromatic amines is 1. The Bertz CT molecular complexity index is 1500. The van der Waals surface area contributed by atoms with Crippen molar-refractivity contribution in [1.82, 2.24) is 20.5 Å². The number of aromatic nitrogens is 1. The average molecular weight is 578 g/mol. The minimum absolute atomic E-state index is 0.0984. The first-order chi connectivity index (χ1) is 18.9. The second-order valence-corrected chi connectivity index (χ2v) is 12.4. The van der Waals surface area contributed by atoms with Crippen LogP contribution in [0.3, 0.4) is 0 Å². The molecule has 1 unspecified atom stereocenters. The van der Waals surface area contributed by atoms with Gasteiger partial charge in [0.2, 0.25) is 11.8 Å². The highest BCUT2D eigenvalue weighted by molar-refractivity contribution is 5.95. The Morgan fingerprint density at radius 1 is 1.17 bits per heavy atom. The van der Waals surface area contributed by atoms with E-state index in [0.717, 1.165) is 6.07 Å². The number of pyridine rings is 1. The molecule has 1 aromatic heterocycles. The minimum atomic E-state index is -5.20. The van der Waals surface area contributed by atoms with Crippen LogP contribution >= 0.6 is 0 Å². The maximum absolute atomic E-state index is 13.6. The van der Waals surface area contributed by atoms with Gasteiger partial charge in [0.05, 0.1) is 11.6 Å². The predicted molar refractivity (Wildman–Crippen MR) is 139 cm³/mol. The van der Waals surface area contributed by atoms with Crippen molar-refractivity contribution in [2.45, 2.75) is 65.3 Å². The van der Waals surface area contributed by atoms with Gasteiger partial charge in [0.1, 0.15) is 23.9 Å². The highest BCUT2D eigenvalue weighted by Gasteiger charge is 2.70. The lowest BCUT2D eigenvalue weighted by Gasteiger charge is -2.37. The molecule has 2 fully saturated rings. The Balaban J connectivity index is 1.57.